The Kier molecular flexibility index (Phi) is 9.15. The third-order valence-electron chi connectivity index (χ3n) is 8.40. The smallest absolute Gasteiger partial charge is 0.167 e. The average molecular weight is 659 g/mol. The van der Waals surface area contributed by atoms with Gasteiger partial charge in [-0.25, -0.2) is 4.90 Å². The van der Waals surface area contributed by atoms with Crippen LogP contribution in [0, 0.1) is 0 Å². The molecule has 0 saturated carbocycles. The Bertz CT molecular complexity index is 2010. The summed E-state index contributed by atoms with van der Waals surface area (Å²) in [4.78, 5) is 1.16. The summed E-state index contributed by atoms with van der Waals surface area (Å²) in [7, 11) is 0. The van der Waals surface area contributed by atoms with Gasteiger partial charge in [0, 0.05) is 34.9 Å². The van der Waals surface area contributed by atoms with E-state index in [2.05, 4.69) is 130 Å². The molecule has 0 bridgehead atoms. The zero-order chi connectivity index (χ0) is 32.1. The van der Waals surface area contributed by atoms with E-state index in [1.54, 1.807) is 0 Å². The Hall–Kier alpha value is -6.21. The van der Waals surface area contributed by atoms with Gasteiger partial charge in [-0.2, -0.15) is 0 Å². The van der Waals surface area contributed by atoms with Crippen LogP contribution in [0.4, 0.5) is 73.9 Å². The fraction of sp³-hybridized carbons (Fsp3) is 0. The largest absolute Gasteiger partial charge is 1.00 e. The van der Waals surface area contributed by atoms with Crippen LogP contribution in [0.5, 0.6) is 0 Å². The number of anilines is 10. The number of quaternary nitrogens is 1. The first-order valence-corrected chi connectivity index (χ1v) is 16.1. The summed E-state index contributed by atoms with van der Waals surface area (Å²) in [6, 6.07) is 60.8. The summed E-state index contributed by atoms with van der Waals surface area (Å²) in [5.74, 6) is 0. The predicted octanol–water partition coefficient (Wildman–Crippen LogP) is 7.90. The molecule has 6 N–H and O–H groups in total. The summed E-state index contributed by atoms with van der Waals surface area (Å²) >= 11 is 0. The monoisotopic (exact) mass is 658 g/mol. The molecule has 0 fully saturated rings. The van der Waals surface area contributed by atoms with Crippen LogP contribution < -0.4 is 43.9 Å². The Morgan fingerprint density at radius 2 is 0.633 bits per heavy atom. The van der Waals surface area contributed by atoms with Crippen molar-refractivity contribution < 1.29 is 17.3 Å². The van der Waals surface area contributed by atoms with Crippen LogP contribution in [0.3, 0.4) is 0 Å². The normalized spacial score (nSPS) is 11.6. The molecule has 7 aromatic rings. The zero-order valence-corrected chi connectivity index (χ0v) is 27.4. The molecule has 0 atom stereocenters. The summed E-state index contributed by atoms with van der Waals surface area (Å²) < 4.78 is 0. The zero-order valence-electron chi connectivity index (χ0n) is 26.6. The van der Waals surface area contributed by atoms with Crippen LogP contribution in [0.2, 0.25) is 0 Å². The van der Waals surface area contributed by atoms with Gasteiger partial charge in [-0.15, -0.1) is 0 Å². The van der Waals surface area contributed by atoms with Gasteiger partial charge in [0.15, 0.2) is 11.4 Å². The van der Waals surface area contributed by atoms with Gasteiger partial charge >= 0.3 is 0 Å². The van der Waals surface area contributed by atoms with Crippen molar-refractivity contribution in [3.63, 3.8) is 0 Å². The first-order chi connectivity index (χ1) is 23.8. The average Bonchev–Trinajstić information content (AvgIpc) is 3.13. The molecule has 1 heterocycles. The molecule has 0 aliphatic carbocycles. The topological polar surface area (TPSA) is 64.6 Å². The van der Waals surface area contributed by atoms with E-state index in [0.717, 1.165) is 78.8 Å². The van der Waals surface area contributed by atoms with E-state index in [4.69, 9.17) is 0 Å². The Balaban J connectivity index is 0.00000378. The number of hydrogen-bond donors (Lipinski definition) is 6. The molecule has 0 radical (unpaired) electrons. The van der Waals surface area contributed by atoms with Crippen molar-refractivity contribution in [2.45, 2.75) is 0 Å². The van der Waals surface area contributed by atoms with Gasteiger partial charge in [-0.1, -0.05) is 91.0 Å². The Labute approximate surface area is 292 Å². The fourth-order valence-corrected chi connectivity index (χ4v) is 6.15. The van der Waals surface area contributed by atoms with Gasteiger partial charge in [0.2, 0.25) is 0 Å². The van der Waals surface area contributed by atoms with E-state index in [-0.39, 0.29) is 12.4 Å². The fourth-order valence-electron chi connectivity index (χ4n) is 6.15. The van der Waals surface area contributed by atoms with Crippen molar-refractivity contribution in [2.75, 3.05) is 26.6 Å². The maximum atomic E-state index is 3.82. The molecule has 0 amide bonds. The van der Waals surface area contributed by atoms with Gasteiger partial charge in [0.25, 0.3) is 0 Å². The lowest BCUT2D eigenvalue weighted by Gasteiger charge is -2.31. The van der Waals surface area contributed by atoms with Gasteiger partial charge in [0.1, 0.15) is 17.1 Å². The molecule has 0 unspecified atom stereocenters. The van der Waals surface area contributed by atoms with E-state index >= 15 is 0 Å². The van der Waals surface area contributed by atoms with E-state index in [1.165, 1.54) is 0 Å². The molecular formula is C42H35ClN6. The van der Waals surface area contributed by atoms with Crippen molar-refractivity contribution in [2.24, 2.45) is 0 Å². The standard InChI is InChI=1S/C42H34N6.ClH/c1-6-16-30(17-7-1)43-35-26-39-41(28-37(35)45-32-20-10-3-11-21-32)48(34-24-14-5-15-25-34)42-29-38(46-33-22-12-4-13-23-33)36(27-40(42)47-39)44-31-18-8-2-9-19-31;/h1-29,43-47H;1H. The quantitative estimate of drug-likeness (QED) is 0.0952. The van der Waals surface area contributed by atoms with Crippen LogP contribution in [0.25, 0.3) is 0 Å². The molecule has 0 spiro atoms. The summed E-state index contributed by atoms with van der Waals surface area (Å²) in [6.45, 7) is 0. The van der Waals surface area contributed by atoms with E-state index in [0.29, 0.717) is 0 Å². The highest BCUT2D eigenvalue weighted by molar-refractivity contribution is 5.94. The molecule has 7 heteroatoms. The molecule has 6 nitrogen and oxygen atoms in total. The van der Waals surface area contributed by atoms with Crippen molar-refractivity contribution in [1.82, 2.24) is 0 Å². The minimum absolute atomic E-state index is 0. The van der Waals surface area contributed by atoms with Crippen molar-refractivity contribution >= 4 is 73.9 Å². The van der Waals surface area contributed by atoms with Crippen molar-refractivity contribution in [1.29, 1.82) is 0 Å². The summed E-state index contributed by atoms with van der Waals surface area (Å²) in [6.07, 6.45) is 0. The highest BCUT2D eigenvalue weighted by atomic mass is 35.5. The Morgan fingerprint density at radius 3 is 0.959 bits per heavy atom. The van der Waals surface area contributed by atoms with E-state index in [1.807, 2.05) is 72.8 Å². The highest BCUT2D eigenvalue weighted by Gasteiger charge is 2.33. The molecule has 1 aliphatic heterocycles. The van der Waals surface area contributed by atoms with Crippen molar-refractivity contribution in [3.8, 4) is 0 Å². The second-order valence-electron chi connectivity index (χ2n) is 11.7. The minimum Gasteiger partial charge on any atom is -1.00 e. The number of para-hydroxylation sites is 5. The first-order valence-electron chi connectivity index (χ1n) is 16.1. The second kappa shape index (κ2) is 14.3. The number of nitrogens with one attached hydrogen (secondary N) is 6. The van der Waals surface area contributed by atoms with Gasteiger partial charge in [-0.05, 0) is 72.8 Å². The maximum Gasteiger partial charge on any atom is 0.167 e. The van der Waals surface area contributed by atoms with Crippen LogP contribution in [0.1, 0.15) is 0 Å². The SMILES string of the molecule is [Cl-].c1ccc(Nc2cc3c(cc2Nc2ccccc2)[NH+](c2ccccc2)c2cc(Nc4ccccc4)c(Nc4ccccc4)cc2N3)cc1. The third kappa shape index (κ3) is 6.92. The lowest BCUT2D eigenvalue weighted by atomic mass is 10.0. The molecule has 49 heavy (non-hydrogen) atoms. The first kappa shape index (κ1) is 31.4. The summed E-state index contributed by atoms with van der Waals surface area (Å²) in [5, 5.41) is 18.5. The maximum absolute atomic E-state index is 3.82. The van der Waals surface area contributed by atoms with Gasteiger partial charge in [-0.3, -0.25) is 0 Å². The molecule has 0 aromatic heterocycles. The number of fused-ring (bicyclic) bond motifs is 2. The summed E-state index contributed by atoms with van der Waals surface area (Å²) in [5.41, 5.74) is 13.4. The van der Waals surface area contributed by atoms with Crippen LogP contribution >= 0.6 is 0 Å². The predicted molar refractivity (Wildman–Crippen MR) is 201 cm³/mol. The van der Waals surface area contributed by atoms with E-state index < -0.39 is 0 Å². The molecule has 0 saturated heterocycles. The molecular weight excluding hydrogens is 624 g/mol. The number of benzene rings is 7. The van der Waals surface area contributed by atoms with Crippen molar-refractivity contribution in [3.05, 3.63) is 176 Å². The molecule has 1 aliphatic rings. The lowest BCUT2D eigenvalue weighted by Crippen LogP contribution is -3.00. The molecule has 240 valence electrons. The second-order valence-corrected chi connectivity index (χ2v) is 11.7. The van der Waals surface area contributed by atoms with Crippen LogP contribution in [0.15, 0.2) is 176 Å². The lowest BCUT2D eigenvalue weighted by molar-refractivity contribution is -0.680. The van der Waals surface area contributed by atoms with E-state index in [9.17, 15) is 0 Å². The minimum atomic E-state index is 0. The molecule has 7 aromatic carbocycles. The number of halogens is 1. The number of rotatable bonds is 9. The van der Waals surface area contributed by atoms with Crippen LogP contribution in [-0.4, -0.2) is 0 Å². The van der Waals surface area contributed by atoms with Crippen LogP contribution in [-0.2, 0) is 0 Å². The number of hydrogen-bond acceptors (Lipinski definition) is 5. The molecule has 8 rings (SSSR count). The Morgan fingerprint density at radius 1 is 0.347 bits per heavy atom. The highest BCUT2D eigenvalue weighted by Crippen LogP contribution is 2.45. The third-order valence-corrected chi connectivity index (χ3v) is 8.40. The van der Waals surface area contributed by atoms with Gasteiger partial charge in [0.05, 0.1) is 22.7 Å². The van der Waals surface area contributed by atoms with Gasteiger partial charge < -0.3 is 39.0 Å².